The number of para-hydroxylation sites is 1. The van der Waals surface area contributed by atoms with Crippen LogP contribution in [0.1, 0.15) is 22.0 Å². The van der Waals surface area contributed by atoms with Gasteiger partial charge in [-0.1, -0.05) is 12.1 Å². The van der Waals surface area contributed by atoms with E-state index in [2.05, 4.69) is 15.1 Å². The average Bonchev–Trinajstić information content (AvgIpc) is 3.04. The minimum atomic E-state index is -1.05. The van der Waals surface area contributed by atoms with Crippen LogP contribution in [0.2, 0.25) is 0 Å². The average molecular weight is 371 g/mol. The Morgan fingerprint density at radius 2 is 2.08 bits per heavy atom. The molecule has 0 bridgehead atoms. The summed E-state index contributed by atoms with van der Waals surface area (Å²) in [6.45, 7) is 0.146. The third-order valence-electron chi connectivity index (χ3n) is 3.70. The Morgan fingerprint density at radius 1 is 1.27 bits per heavy atom. The van der Waals surface area contributed by atoms with Crippen LogP contribution in [0.3, 0.4) is 0 Å². The number of thioether (sulfide) groups is 1. The summed E-state index contributed by atoms with van der Waals surface area (Å²) in [6.07, 6.45) is 5.68. The van der Waals surface area contributed by atoms with Crippen LogP contribution in [0.5, 0.6) is 0 Å². The van der Waals surface area contributed by atoms with Crippen molar-refractivity contribution in [3.05, 3.63) is 70.4 Å². The maximum Gasteiger partial charge on any atom is 0.347 e. The molecule has 0 saturated carbocycles. The lowest BCUT2D eigenvalue weighted by atomic mass is 10.2. The number of benzene rings is 1. The zero-order chi connectivity index (χ0) is 18.5. The molecule has 0 aliphatic rings. The lowest BCUT2D eigenvalue weighted by Gasteiger charge is -2.09. The van der Waals surface area contributed by atoms with Gasteiger partial charge in [0.1, 0.15) is 0 Å². The molecule has 2 aromatic heterocycles. The second kappa shape index (κ2) is 7.96. The van der Waals surface area contributed by atoms with Crippen LogP contribution in [-0.2, 0) is 13.0 Å². The third kappa shape index (κ3) is 3.83. The van der Waals surface area contributed by atoms with Crippen molar-refractivity contribution in [1.29, 1.82) is 0 Å². The van der Waals surface area contributed by atoms with Crippen molar-refractivity contribution in [2.45, 2.75) is 13.0 Å². The molecule has 0 saturated heterocycles. The first-order chi connectivity index (χ1) is 12.6. The zero-order valence-corrected chi connectivity index (χ0v) is 14.9. The number of rotatable bonds is 7. The number of nitrogens with zero attached hydrogens (tertiary/aromatic N) is 5. The molecule has 0 atom stereocenters. The Labute approximate surface area is 153 Å². The van der Waals surface area contributed by atoms with Gasteiger partial charge in [-0.2, -0.15) is 16.9 Å². The lowest BCUT2D eigenvalue weighted by Crippen LogP contribution is -2.23. The van der Waals surface area contributed by atoms with Gasteiger partial charge in [0.2, 0.25) is 0 Å². The highest BCUT2D eigenvalue weighted by molar-refractivity contribution is 7.98. The van der Waals surface area contributed by atoms with E-state index in [4.69, 9.17) is 0 Å². The summed E-state index contributed by atoms with van der Waals surface area (Å²) in [5, 5.41) is 13.9. The first kappa shape index (κ1) is 17.9. The van der Waals surface area contributed by atoms with Crippen LogP contribution in [0.25, 0.3) is 5.69 Å². The SMILES string of the molecule is CSCCc1nc(Cn2cccnc2=O)n(-c2ccccc2C(=O)O)n1. The topological polar surface area (TPSA) is 103 Å². The van der Waals surface area contributed by atoms with E-state index in [1.54, 1.807) is 42.2 Å². The fraction of sp³-hybridized carbons (Fsp3) is 0.235. The Bertz CT molecular complexity index is 982. The molecule has 0 amide bonds. The van der Waals surface area contributed by atoms with Crippen molar-refractivity contribution in [3.8, 4) is 5.69 Å². The van der Waals surface area contributed by atoms with Crippen LogP contribution in [-0.4, -0.2) is 47.4 Å². The monoisotopic (exact) mass is 371 g/mol. The second-order valence-corrected chi connectivity index (χ2v) is 6.44. The molecule has 0 radical (unpaired) electrons. The van der Waals surface area contributed by atoms with Crippen LogP contribution in [0.15, 0.2) is 47.5 Å². The van der Waals surface area contributed by atoms with E-state index in [1.807, 2.05) is 6.26 Å². The summed E-state index contributed by atoms with van der Waals surface area (Å²) in [7, 11) is 0. The minimum Gasteiger partial charge on any atom is -0.478 e. The molecule has 8 nitrogen and oxygen atoms in total. The fourth-order valence-corrected chi connectivity index (χ4v) is 2.87. The van der Waals surface area contributed by atoms with Gasteiger partial charge in [0.15, 0.2) is 11.6 Å². The maximum atomic E-state index is 11.9. The van der Waals surface area contributed by atoms with Crippen molar-refractivity contribution in [2.24, 2.45) is 0 Å². The second-order valence-electron chi connectivity index (χ2n) is 5.45. The molecule has 0 spiro atoms. The van der Waals surface area contributed by atoms with Crippen LogP contribution in [0.4, 0.5) is 0 Å². The summed E-state index contributed by atoms with van der Waals surface area (Å²) >= 11 is 1.67. The summed E-state index contributed by atoms with van der Waals surface area (Å²) in [5.74, 6) is 0.874. The van der Waals surface area contributed by atoms with Gasteiger partial charge in [0, 0.05) is 24.6 Å². The van der Waals surface area contributed by atoms with Crippen molar-refractivity contribution in [3.63, 3.8) is 0 Å². The quantitative estimate of drug-likeness (QED) is 0.671. The van der Waals surface area contributed by atoms with Gasteiger partial charge in [-0.3, -0.25) is 4.57 Å². The van der Waals surface area contributed by atoms with Crippen molar-refractivity contribution < 1.29 is 9.90 Å². The molecular weight excluding hydrogens is 354 g/mol. The van der Waals surface area contributed by atoms with Crippen LogP contribution >= 0.6 is 11.8 Å². The third-order valence-corrected chi connectivity index (χ3v) is 4.32. The molecule has 1 N–H and O–H groups in total. The van der Waals surface area contributed by atoms with E-state index in [0.29, 0.717) is 23.8 Å². The van der Waals surface area contributed by atoms with Gasteiger partial charge in [0.05, 0.1) is 17.8 Å². The van der Waals surface area contributed by atoms with Gasteiger partial charge >= 0.3 is 11.7 Å². The van der Waals surface area contributed by atoms with Gasteiger partial charge in [-0.05, 0) is 24.5 Å². The largest absolute Gasteiger partial charge is 0.478 e. The highest BCUT2D eigenvalue weighted by Crippen LogP contribution is 2.17. The Balaban J connectivity index is 2.09. The first-order valence-corrected chi connectivity index (χ1v) is 9.27. The summed E-state index contributed by atoms with van der Waals surface area (Å²) in [5.41, 5.74) is 0.127. The molecule has 9 heteroatoms. The highest BCUT2D eigenvalue weighted by Gasteiger charge is 2.18. The fourth-order valence-electron chi connectivity index (χ4n) is 2.49. The molecule has 2 heterocycles. The Hall–Kier alpha value is -2.94. The molecule has 0 unspecified atom stereocenters. The van der Waals surface area contributed by atoms with Gasteiger partial charge in [0.25, 0.3) is 0 Å². The van der Waals surface area contributed by atoms with E-state index in [0.717, 1.165) is 5.75 Å². The molecule has 0 fully saturated rings. The van der Waals surface area contributed by atoms with Crippen molar-refractivity contribution in [2.75, 3.05) is 12.0 Å². The molecular formula is C17H17N5O3S. The smallest absolute Gasteiger partial charge is 0.347 e. The van der Waals surface area contributed by atoms with Gasteiger partial charge in [-0.15, -0.1) is 0 Å². The van der Waals surface area contributed by atoms with E-state index in [-0.39, 0.29) is 12.1 Å². The molecule has 0 aliphatic carbocycles. The molecule has 3 rings (SSSR count). The molecule has 0 aliphatic heterocycles. The van der Waals surface area contributed by atoms with Crippen LogP contribution in [0, 0.1) is 0 Å². The first-order valence-electron chi connectivity index (χ1n) is 7.88. The van der Waals surface area contributed by atoms with Crippen molar-refractivity contribution >= 4 is 17.7 Å². The number of carboxylic acid groups (broad SMARTS) is 1. The lowest BCUT2D eigenvalue weighted by molar-refractivity contribution is 0.0696. The Morgan fingerprint density at radius 3 is 2.81 bits per heavy atom. The number of carbonyl (C=O) groups is 1. The van der Waals surface area contributed by atoms with E-state index < -0.39 is 11.7 Å². The van der Waals surface area contributed by atoms with E-state index in [9.17, 15) is 14.7 Å². The minimum absolute atomic E-state index is 0.119. The summed E-state index contributed by atoms with van der Waals surface area (Å²) in [4.78, 5) is 31.7. The predicted molar refractivity (Wildman–Crippen MR) is 98.0 cm³/mol. The van der Waals surface area contributed by atoms with Crippen molar-refractivity contribution in [1.82, 2.24) is 24.3 Å². The molecule has 134 valence electrons. The number of aromatic carboxylic acids is 1. The van der Waals surface area contributed by atoms with Gasteiger partial charge in [-0.25, -0.2) is 24.2 Å². The zero-order valence-electron chi connectivity index (χ0n) is 14.1. The number of aryl methyl sites for hydroxylation is 1. The highest BCUT2D eigenvalue weighted by atomic mass is 32.2. The maximum absolute atomic E-state index is 11.9. The molecule has 1 aromatic carbocycles. The van der Waals surface area contributed by atoms with Gasteiger partial charge < -0.3 is 5.11 Å². The molecule has 26 heavy (non-hydrogen) atoms. The van der Waals surface area contributed by atoms with Crippen LogP contribution < -0.4 is 5.69 Å². The number of carboxylic acids is 1. The standard InChI is InChI=1S/C17H17N5O3S/c1-26-10-7-14-19-15(11-21-9-4-8-18-17(21)25)22(20-14)13-6-3-2-5-12(13)16(23)24/h2-6,8-9H,7,10-11H2,1H3,(H,23,24). The predicted octanol–water partition coefficient (Wildman–Crippen LogP) is 1.48. The normalized spacial score (nSPS) is 10.8. The number of hydrogen-bond acceptors (Lipinski definition) is 6. The number of hydrogen-bond donors (Lipinski definition) is 1. The summed E-state index contributed by atoms with van der Waals surface area (Å²) < 4.78 is 2.90. The number of aromatic nitrogens is 5. The van der Waals surface area contributed by atoms with E-state index in [1.165, 1.54) is 21.5 Å². The molecule has 3 aromatic rings. The summed E-state index contributed by atoms with van der Waals surface area (Å²) in [6, 6.07) is 8.24. The van der Waals surface area contributed by atoms with E-state index >= 15 is 0 Å². The Kier molecular flexibility index (Phi) is 5.47.